The van der Waals surface area contributed by atoms with Gasteiger partial charge in [0.1, 0.15) is 18.0 Å². The van der Waals surface area contributed by atoms with Crippen LogP contribution in [-0.4, -0.2) is 42.9 Å². The van der Waals surface area contributed by atoms with Gasteiger partial charge in [0, 0.05) is 51.2 Å². The fourth-order valence-electron chi connectivity index (χ4n) is 5.31. The first-order valence-electron chi connectivity index (χ1n) is 15.2. The average Bonchev–Trinajstić information content (AvgIpc) is 3.32. The van der Waals surface area contributed by atoms with Gasteiger partial charge in [0.2, 0.25) is 5.88 Å². The Labute approximate surface area is 269 Å². The Morgan fingerprint density at radius 3 is 2.47 bits per heavy atom. The number of aliphatic carboxylic acids is 1. The van der Waals surface area contributed by atoms with E-state index in [0.717, 1.165) is 62.4 Å². The zero-order valence-electron chi connectivity index (χ0n) is 27.1. The van der Waals surface area contributed by atoms with Gasteiger partial charge < -0.3 is 19.6 Å². The van der Waals surface area contributed by atoms with E-state index in [9.17, 15) is 9.90 Å². The Morgan fingerprint density at radius 2 is 1.87 bits per heavy atom. The van der Waals surface area contributed by atoms with E-state index in [2.05, 4.69) is 54.0 Å². The van der Waals surface area contributed by atoms with E-state index >= 15 is 0 Å². The van der Waals surface area contributed by atoms with Crippen molar-refractivity contribution in [2.45, 2.75) is 77.1 Å². The lowest BCUT2D eigenvalue weighted by atomic mass is 9.87. The molecule has 0 aromatic carbocycles. The molecule has 0 bridgehead atoms. The molecular formula is C36H42N4O4S. The number of carboxylic acid groups (broad SMARTS) is 1. The molecule has 0 saturated carbocycles. The van der Waals surface area contributed by atoms with Gasteiger partial charge in [-0.3, -0.25) is 9.78 Å². The molecule has 0 radical (unpaired) electrons. The van der Waals surface area contributed by atoms with Crippen LogP contribution in [-0.2, 0) is 24.2 Å². The van der Waals surface area contributed by atoms with E-state index in [1.54, 1.807) is 38.9 Å². The minimum Gasteiger partial charge on any atom is -0.485 e. The molecule has 1 aliphatic carbocycles. The molecule has 0 aliphatic heterocycles. The summed E-state index contributed by atoms with van der Waals surface area (Å²) in [5, 5.41) is 11.0. The summed E-state index contributed by atoms with van der Waals surface area (Å²) >= 11 is 1.74. The third-order valence-corrected chi connectivity index (χ3v) is 9.07. The van der Waals surface area contributed by atoms with Gasteiger partial charge in [-0.2, -0.15) is 0 Å². The summed E-state index contributed by atoms with van der Waals surface area (Å²) < 4.78 is 11.6. The lowest BCUT2D eigenvalue weighted by molar-refractivity contribution is -0.146. The number of allylic oxidation sites excluding steroid dienone is 4. The molecule has 9 heteroatoms. The normalized spacial score (nSPS) is 15.3. The Balaban J connectivity index is 1.54. The smallest absolute Gasteiger partial charge is 0.309 e. The van der Waals surface area contributed by atoms with Crippen LogP contribution in [0.4, 0.5) is 0 Å². The second-order valence-electron chi connectivity index (χ2n) is 13.3. The Hall–Kier alpha value is -4.11. The number of ether oxygens (including phenoxy) is 2. The summed E-state index contributed by atoms with van der Waals surface area (Å²) in [4.78, 5) is 30.4. The first kappa shape index (κ1) is 32.3. The quantitative estimate of drug-likeness (QED) is 0.161. The minimum absolute atomic E-state index is 0.119. The maximum absolute atomic E-state index is 12.1. The summed E-state index contributed by atoms with van der Waals surface area (Å²) in [7, 11) is 1.61. The van der Waals surface area contributed by atoms with E-state index in [4.69, 9.17) is 14.5 Å². The van der Waals surface area contributed by atoms with Gasteiger partial charge in [-0.05, 0) is 68.4 Å². The van der Waals surface area contributed by atoms with E-state index < -0.39 is 11.4 Å². The molecule has 2 N–H and O–H groups in total. The van der Waals surface area contributed by atoms with Crippen LogP contribution in [0, 0.1) is 18.3 Å². The molecule has 1 aliphatic rings. The van der Waals surface area contributed by atoms with Crippen LogP contribution in [0.15, 0.2) is 66.0 Å². The molecule has 45 heavy (non-hydrogen) atoms. The predicted octanol–water partition coefficient (Wildman–Crippen LogP) is 8.00. The molecule has 1 atom stereocenters. The summed E-state index contributed by atoms with van der Waals surface area (Å²) in [6.07, 6.45) is 14.1. The number of pyridine rings is 3. The average molecular weight is 627 g/mol. The van der Waals surface area contributed by atoms with Gasteiger partial charge in [0.05, 0.1) is 24.4 Å². The summed E-state index contributed by atoms with van der Waals surface area (Å²) in [6.45, 7) is 12.4. The van der Waals surface area contributed by atoms with E-state index in [1.807, 2.05) is 43.6 Å². The molecule has 5 rings (SSSR count). The highest BCUT2D eigenvalue weighted by atomic mass is 32.2. The third-order valence-electron chi connectivity index (χ3n) is 7.81. The van der Waals surface area contributed by atoms with Crippen molar-refractivity contribution in [3.63, 3.8) is 0 Å². The third kappa shape index (κ3) is 7.76. The van der Waals surface area contributed by atoms with Crippen LogP contribution < -0.4 is 9.47 Å². The lowest BCUT2D eigenvalue weighted by Gasteiger charge is -2.23. The van der Waals surface area contributed by atoms with Crippen molar-refractivity contribution >= 4 is 34.3 Å². The maximum Gasteiger partial charge on any atom is 0.309 e. The highest BCUT2D eigenvalue weighted by Crippen LogP contribution is 2.45. The molecule has 4 heterocycles. The second kappa shape index (κ2) is 13.1. The fraction of sp³-hybridized carbons (Fsp3) is 0.389. The number of thioether (sulfide) groups is 1. The Bertz CT molecular complexity index is 1730. The first-order valence-corrected chi connectivity index (χ1v) is 16.0. The van der Waals surface area contributed by atoms with Crippen LogP contribution in [0.25, 0.3) is 16.6 Å². The zero-order valence-corrected chi connectivity index (χ0v) is 27.9. The SMILES string of the molecule is COc1ccc(C2=CCC(Cc3c(OCc4ccc(C)cn4)cnc4[nH]c(CC(C)(C)C(=O)O)c(SC(C)(C)C)c34)C=C2)cn1. The number of carboxylic acids is 1. The van der Waals surface area contributed by atoms with E-state index in [1.165, 1.54) is 0 Å². The zero-order chi connectivity index (χ0) is 32.4. The van der Waals surface area contributed by atoms with Crippen LogP contribution >= 0.6 is 11.8 Å². The summed E-state index contributed by atoms with van der Waals surface area (Å²) in [6, 6.07) is 7.91. The summed E-state index contributed by atoms with van der Waals surface area (Å²) in [5.74, 6) is 0.698. The van der Waals surface area contributed by atoms with E-state index in [-0.39, 0.29) is 10.7 Å². The Kier molecular flexibility index (Phi) is 9.39. The number of fused-ring (bicyclic) bond motifs is 1. The molecule has 8 nitrogen and oxygen atoms in total. The van der Waals surface area contributed by atoms with Gasteiger partial charge in [-0.15, -0.1) is 11.8 Å². The second-order valence-corrected chi connectivity index (χ2v) is 15.1. The largest absolute Gasteiger partial charge is 0.485 e. The molecule has 0 saturated heterocycles. The number of aromatic nitrogens is 4. The monoisotopic (exact) mass is 626 g/mol. The molecule has 0 fully saturated rings. The maximum atomic E-state index is 12.1. The highest BCUT2D eigenvalue weighted by Gasteiger charge is 2.32. The number of H-pyrrole nitrogens is 1. The van der Waals surface area contributed by atoms with Gasteiger partial charge in [-0.25, -0.2) is 9.97 Å². The van der Waals surface area contributed by atoms with Crippen LogP contribution in [0.1, 0.15) is 69.1 Å². The van der Waals surface area contributed by atoms with Gasteiger partial charge >= 0.3 is 5.97 Å². The molecule has 0 spiro atoms. The molecule has 1 unspecified atom stereocenters. The molecule has 4 aromatic rings. The van der Waals surface area contributed by atoms with Crippen LogP contribution in [0.5, 0.6) is 11.6 Å². The number of rotatable bonds is 11. The van der Waals surface area contributed by atoms with Crippen molar-refractivity contribution in [2.75, 3.05) is 7.11 Å². The molecule has 236 valence electrons. The number of nitrogens with one attached hydrogen (secondary N) is 1. The molecular weight excluding hydrogens is 584 g/mol. The highest BCUT2D eigenvalue weighted by molar-refractivity contribution is 8.00. The van der Waals surface area contributed by atoms with Crippen molar-refractivity contribution in [1.29, 1.82) is 0 Å². The minimum atomic E-state index is -0.950. The van der Waals surface area contributed by atoms with Crippen molar-refractivity contribution in [2.24, 2.45) is 11.3 Å². The summed E-state index contributed by atoms with van der Waals surface area (Å²) in [5.41, 5.74) is 5.86. The fourth-order valence-corrected chi connectivity index (χ4v) is 6.49. The first-order chi connectivity index (χ1) is 21.3. The standard InChI is InChI=1S/C36H42N4O4S/c1-22-8-14-26(37-18-22)21-44-29-20-39-33-31(32(45-35(2,3)4)28(40-33)17-36(5,6)34(41)42)27(29)16-23-9-11-24(12-10-23)25-13-15-30(43-7)38-19-25/h8-9,11-15,18-20,23H,10,16-17,21H2,1-7H3,(H,39,40)(H,41,42). The molecule has 0 amide bonds. The van der Waals surface area contributed by atoms with Crippen molar-refractivity contribution in [3.8, 4) is 11.6 Å². The Morgan fingerprint density at radius 1 is 1.07 bits per heavy atom. The lowest BCUT2D eigenvalue weighted by Crippen LogP contribution is -2.26. The van der Waals surface area contributed by atoms with Gasteiger partial charge in [0.15, 0.2) is 0 Å². The van der Waals surface area contributed by atoms with Crippen molar-refractivity contribution in [1.82, 2.24) is 19.9 Å². The number of methoxy groups -OCH3 is 1. The van der Waals surface area contributed by atoms with E-state index in [0.29, 0.717) is 24.7 Å². The number of aromatic amines is 1. The van der Waals surface area contributed by atoms with Crippen LogP contribution in [0.2, 0.25) is 0 Å². The van der Waals surface area contributed by atoms with Gasteiger partial charge in [-0.1, -0.05) is 45.1 Å². The number of carbonyl (C=O) groups is 1. The number of hydrogen-bond donors (Lipinski definition) is 2. The van der Waals surface area contributed by atoms with Crippen molar-refractivity contribution in [3.05, 3.63) is 89.2 Å². The number of nitrogens with zero attached hydrogens (tertiary/aromatic N) is 3. The topological polar surface area (TPSA) is 110 Å². The van der Waals surface area contributed by atoms with Gasteiger partial charge in [0.25, 0.3) is 0 Å². The molecule has 4 aromatic heterocycles. The predicted molar refractivity (Wildman–Crippen MR) is 180 cm³/mol. The number of aryl methyl sites for hydroxylation is 1. The number of hydrogen-bond acceptors (Lipinski definition) is 7. The van der Waals surface area contributed by atoms with Crippen molar-refractivity contribution < 1.29 is 19.4 Å². The van der Waals surface area contributed by atoms with Crippen LogP contribution in [0.3, 0.4) is 0 Å².